The van der Waals surface area contributed by atoms with Crippen LogP contribution in [0.2, 0.25) is 0 Å². The van der Waals surface area contributed by atoms with Gasteiger partial charge < -0.3 is 4.74 Å². The van der Waals surface area contributed by atoms with Gasteiger partial charge in [-0.15, -0.1) is 0 Å². The molecule has 0 aromatic heterocycles. The van der Waals surface area contributed by atoms with E-state index < -0.39 is 23.6 Å². The lowest BCUT2D eigenvalue weighted by atomic mass is 9.76. The van der Waals surface area contributed by atoms with Crippen molar-refractivity contribution >= 4 is 5.97 Å². The Morgan fingerprint density at radius 2 is 1.30 bits per heavy atom. The molecule has 0 aliphatic rings. The van der Waals surface area contributed by atoms with E-state index in [-0.39, 0.29) is 0 Å². The summed E-state index contributed by atoms with van der Waals surface area (Å²) in [4.78, 5) is 15.6. The summed E-state index contributed by atoms with van der Waals surface area (Å²) >= 11 is 0. The van der Waals surface area contributed by atoms with Crippen molar-refractivity contribution in [3.05, 3.63) is 118 Å². The van der Waals surface area contributed by atoms with Crippen LogP contribution >= 0.6 is 0 Å². The first-order valence-electron chi connectivity index (χ1n) is 9.69. The first kappa shape index (κ1) is 21.1. The van der Waals surface area contributed by atoms with E-state index in [1.807, 2.05) is 91.0 Å². The van der Waals surface area contributed by atoms with Gasteiger partial charge in [0.15, 0.2) is 0 Å². The van der Waals surface area contributed by atoms with Crippen LogP contribution in [-0.4, -0.2) is 25.2 Å². The summed E-state index contributed by atoms with van der Waals surface area (Å²) in [6.07, 6.45) is 0. The molecule has 0 fully saturated rings. The first-order valence-corrected chi connectivity index (χ1v) is 9.69. The highest BCUT2D eigenvalue weighted by molar-refractivity contribution is 5.77. The van der Waals surface area contributed by atoms with E-state index in [9.17, 15) is 4.79 Å². The van der Waals surface area contributed by atoms with Crippen LogP contribution < -0.4 is 5.32 Å². The number of azide groups is 1. The van der Waals surface area contributed by atoms with Crippen LogP contribution in [0.5, 0.6) is 0 Å². The maximum absolute atomic E-state index is 12.7. The third-order valence-electron chi connectivity index (χ3n) is 5.16. The van der Waals surface area contributed by atoms with Gasteiger partial charge in [-0.1, -0.05) is 103 Å². The number of esters is 1. The zero-order valence-electron chi connectivity index (χ0n) is 17.0. The summed E-state index contributed by atoms with van der Waals surface area (Å²) in [5.74, 6) is -0.498. The molecule has 2 atom stereocenters. The Bertz CT molecular complexity index is 906. The Balaban J connectivity index is 2.30. The van der Waals surface area contributed by atoms with Crippen molar-refractivity contribution in [3.8, 4) is 0 Å². The standard InChI is InChI=1S/C24H24N4O2/c1-18(27-28-25)22(23(29)30-2)26-24(19-12-6-3-7-13-19,20-14-8-4-9-15-20)21-16-10-5-11-17-21/h3-18,22,26H,1-2H3/t18-,22?/m1/s1. The monoisotopic (exact) mass is 400 g/mol. The molecule has 6 heteroatoms. The average Bonchev–Trinajstić information content (AvgIpc) is 2.81. The molecule has 0 radical (unpaired) electrons. The molecule has 3 rings (SSSR count). The smallest absolute Gasteiger partial charge is 0.323 e. The number of ether oxygens (including phenoxy) is 1. The minimum Gasteiger partial charge on any atom is -0.468 e. The molecule has 3 aromatic carbocycles. The predicted octanol–water partition coefficient (Wildman–Crippen LogP) is 4.81. The number of nitrogens with zero attached hydrogens (tertiary/aromatic N) is 3. The lowest BCUT2D eigenvalue weighted by Gasteiger charge is -2.40. The van der Waals surface area contributed by atoms with Gasteiger partial charge in [0.05, 0.1) is 18.7 Å². The second-order valence-electron chi connectivity index (χ2n) is 6.94. The van der Waals surface area contributed by atoms with E-state index >= 15 is 0 Å². The Morgan fingerprint density at radius 1 is 0.900 bits per heavy atom. The average molecular weight is 400 g/mol. The summed E-state index contributed by atoms with van der Waals surface area (Å²) in [6, 6.07) is 28.2. The predicted molar refractivity (Wildman–Crippen MR) is 117 cm³/mol. The molecule has 0 amide bonds. The molecule has 6 nitrogen and oxygen atoms in total. The Kier molecular flexibility index (Phi) is 6.86. The van der Waals surface area contributed by atoms with Crippen LogP contribution in [0.15, 0.2) is 96.1 Å². The van der Waals surface area contributed by atoms with Gasteiger partial charge in [-0.05, 0) is 22.2 Å². The molecule has 3 aromatic rings. The lowest BCUT2D eigenvalue weighted by molar-refractivity contribution is -0.144. The van der Waals surface area contributed by atoms with Gasteiger partial charge in [-0.3, -0.25) is 10.1 Å². The van der Waals surface area contributed by atoms with Gasteiger partial charge in [0.2, 0.25) is 0 Å². The number of carbonyl (C=O) groups excluding carboxylic acids is 1. The highest BCUT2D eigenvalue weighted by atomic mass is 16.5. The highest BCUT2D eigenvalue weighted by Crippen LogP contribution is 2.37. The third-order valence-corrected chi connectivity index (χ3v) is 5.16. The van der Waals surface area contributed by atoms with Crippen molar-refractivity contribution in [3.63, 3.8) is 0 Å². The van der Waals surface area contributed by atoms with Gasteiger partial charge in [-0.2, -0.15) is 0 Å². The lowest BCUT2D eigenvalue weighted by Crippen LogP contribution is -2.56. The quantitative estimate of drug-likeness (QED) is 0.194. The molecule has 0 saturated carbocycles. The van der Waals surface area contributed by atoms with Crippen LogP contribution in [0.25, 0.3) is 10.4 Å². The summed E-state index contributed by atoms with van der Waals surface area (Å²) in [6.45, 7) is 1.69. The molecule has 1 unspecified atom stereocenters. The van der Waals surface area contributed by atoms with Crippen molar-refractivity contribution in [2.75, 3.05) is 7.11 Å². The Labute approximate surface area is 176 Å². The zero-order valence-corrected chi connectivity index (χ0v) is 17.0. The van der Waals surface area contributed by atoms with E-state index in [1.54, 1.807) is 6.92 Å². The second kappa shape index (κ2) is 9.74. The minimum atomic E-state index is -0.873. The molecule has 0 bridgehead atoms. The molecule has 0 spiro atoms. The number of hydrogen-bond donors (Lipinski definition) is 1. The fourth-order valence-electron chi connectivity index (χ4n) is 3.70. The van der Waals surface area contributed by atoms with E-state index in [4.69, 9.17) is 10.3 Å². The van der Waals surface area contributed by atoms with Crippen LogP contribution in [0, 0.1) is 0 Å². The molecule has 1 N–H and O–H groups in total. The molecule has 0 heterocycles. The van der Waals surface area contributed by atoms with Gasteiger partial charge >= 0.3 is 5.97 Å². The topological polar surface area (TPSA) is 87.1 Å². The number of hydrogen-bond acceptors (Lipinski definition) is 4. The van der Waals surface area contributed by atoms with Gasteiger partial charge in [-0.25, -0.2) is 0 Å². The van der Waals surface area contributed by atoms with Crippen LogP contribution in [-0.2, 0) is 15.1 Å². The third kappa shape index (κ3) is 4.20. The fourth-order valence-corrected chi connectivity index (χ4v) is 3.70. The Morgan fingerprint density at radius 3 is 1.63 bits per heavy atom. The molecule has 0 saturated heterocycles. The maximum Gasteiger partial charge on any atom is 0.323 e. The van der Waals surface area contributed by atoms with Crippen molar-refractivity contribution < 1.29 is 9.53 Å². The normalized spacial score (nSPS) is 13.0. The van der Waals surface area contributed by atoms with Crippen molar-refractivity contribution in [2.45, 2.75) is 24.5 Å². The SMILES string of the molecule is COC(=O)C(NC(c1ccccc1)(c1ccccc1)c1ccccc1)[C@@H](C)N=[N+]=[N-]. The Hall–Kier alpha value is -3.60. The number of benzene rings is 3. The summed E-state index contributed by atoms with van der Waals surface area (Å²) in [5.41, 5.74) is 10.9. The van der Waals surface area contributed by atoms with Gasteiger partial charge in [0, 0.05) is 4.91 Å². The first-order chi connectivity index (χ1) is 14.6. The second-order valence-corrected chi connectivity index (χ2v) is 6.94. The van der Waals surface area contributed by atoms with Crippen molar-refractivity contribution in [2.24, 2.45) is 5.11 Å². The van der Waals surface area contributed by atoms with Gasteiger partial charge in [0.25, 0.3) is 0 Å². The van der Waals surface area contributed by atoms with E-state index in [1.165, 1.54) is 7.11 Å². The van der Waals surface area contributed by atoms with E-state index in [0.717, 1.165) is 16.7 Å². The van der Waals surface area contributed by atoms with Crippen molar-refractivity contribution in [1.29, 1.82) is 0 Å². The largest absolute Gasteiger partial charge is 0.468 e. The van der Waals surface area contributed by atoms with Crippen molar-refractivity contribution in [1.82, 2.24) is 5.32 Å². The number of carbonyl (C=O) groups is 1. The number of nitrogens with one attached hydrogen (secondary N) is 1. The van der Waals surface area contributed by atoms with E-state index in [0.29, 0.717) is 0 Å². The number of rotatable bonds is 8. The minimum absolute atomic E-state index is 0.498. The zero-order chi connectivity index (χ0) is 21.4. The summed E-state index contributed by atoms with van der Waals surface area (Å²) in [5, 5.41) is 7.29. The number of methoxy groups -OCH3 is 1. The fraction of sp³-hybridized carbons (Fsp3) is 0.208. The van der Waals surface area contributed by atoms with Gasteiger partial charge in [0.1, 0.15) is 6.04 Å². The summed E-state index contributed by atoms with van der Waals surface area (Å²) in [7, 11) is 1.33. The van der Waals surface area contributed by atoms with Crippen LogP contribution in [0.3, 0.4) is 0 Å². The van der Waals surface area contributed by atoms with Crippen LogP contribution in [0.1, 0.15) is 23.6 Å². The maximum atomic E-state index is 12.7. The molecular formula is C24H24N4O2. The molecule has 0 aliphatic heterocycles. The molecule has 30 heavy (non-hydrogen) atoms. The van der Waals surface area contributed by atoms with Crippen LogP contribution in [0.4, 0.5) is 0 Å². The summed E-state index contributed by atoms with van der Waals surface area (Å²) < 4.78 is 5.05. The molecule has 152 valence electrons. The van der Waals surface area contributed by atoms with E-state index in [2.05, 4.69) is 15.3 Å². The highest BCUT2D eigenvalue weighted by Gasteiger charge is 2.41. The molecular weight excluding hydrogens is 376 g/mol. The molecule has 0 aliphatic carbocycles.